The summed E-state index contributed by atoms with van der Waals surface area (Å²) in [6.45, 7) is 7.06. The van der Waals surface area contributed by atoms with Gasteiger partial charge < -0.3 is 14.7 Å². The lowest BCUT2D eigenvalue weighted by Gasteiger charge is -2.44. The molecule has 30 heavy (non-hydrogen) atoms. The highest BCUT2D eigenvalue weighted by molar-refractivity contribution is 5.48. The number of halogens is 1. The molecule has 0 amide bonds. The van der Waals surface area contributed by atoms with Gasteiger partial charge in [-0.25, -0.2) is 4.39 Å². The zero-order chi connectivity index (χ0) is 20.8. The van der Waals surface area contributed by atoms with Gasteiger partial charge in [-0.1, -0.05) is 30.3 Å². The summed E-state index contributed by atoms with van der Waals surface area (Å²) in [5.74, 6) is 0.740. The van der Waals surface area contributed by atoms with Crippen molar-refractivity contribution in [3.8, 4) is 5.75 Å². The number of anilines is 1. The largest absolute Gasteiger partial charge is 0.491 e. The number of piperazine rings is 1. The third-order valence-corrected chi connectivity index (χ3v) is 6.22. The van der Waals surface area contributed by atoms with Gasteiger partial charge in [-0.3, -0.25) is 9.80 Å². The van der Waals surface area contributed by atoms with Gasteiger partial charge in [0.1, 0.15) is 18.2 Å². The predicted octanol–water partition coefficient (Wildman–Crippen LogP) is 2.98. The minimum absolute atomic E-state index is 0.0268. The van der Waals surface area contributed by atoms with Gasteiger partial charge >= 0.3 is 0 Å². The molecule has 1 atom stereocenters. The van der Waals surface area contributed by atoms with E-state index in [-0.39, 0.29) is 12.4 Å². The second-order valence-electron chi connectivity index (χ2n) is 8.19. The summed E-state index contributed by atoms with van der Waals surface area (Å²) in [6.07, 6.45) is 2.41. The standard InChI is InChI=1S/C24H32FN3O2/c25-22-8-2-3-9-23(22)28-14-12-27(13-15-28)21-7-5-11-26(19-21)18-20-6-1-4-10-24(20)30-17-16-29/h1-4,6,8-10,21,29H,5,7,11-19H2/t21-/m1/s1. The number of benzene rings is 2. The van der Waals surface area contributed by atoms with Gasteiger partial charge in [0.05, 0.1) is 12.3 Å². The second kappa shape index (κ2) is 10.2. The van der Waals surface area contributed by atoms with Crippen LogP contribution in [0.15, 0.2) is 48.5 Å². The van der Waals surface area contributed by atoms with Crippen molar-refractivity contribution in [2.24, 2.45) is 0 Å². The fourth-order valence-electron chi connectivity index (χ4n) is 4.68. The molecule has 5 nitrogen and oxygen atoms in total. The molecule has 2 aliphatic rings. The van der Waals surface area contributed by atoms with Crippen LogP contribution >= 0.6 is 0 Å². The molecule has 0 saturated carbocycles. The number of hydrogen-bond donors (Lipinski definition) is 1. The van der Waals surface area contributed by atoms with Crippen LogP contribution < -0.4 is 9.64 Å². The zero-order valence-corrected chi connectivity index (χ0v) is 17.5. The Morgan fingerprint density at radius 1 is 0.967 bits per heavy atom. The van der Waals surface area contributed by atoms with Gasteiger partial charge in [0.2, 0.25) is 0 Å². The summed E-state index contributed by atoms with van der Waals surface area (Å²) in [7, 11) is 0. The molecule has 0 bridgehead atoms. The average molecular weight is 414 g/mol. The molecule has 2 fully saturated rings. The number of ether oxygens (including phenoxy) is 1. The van der Waals surface area contributed by atoms with Crippen LogP contribution in [-0.2, 0) is 6.54 Å². The molecule has 2 aromatic rings. The molecule has 6 heteroatoms. The number of aliphatic hydroxyl groups is 1. The molecule has 2 aromatic carbocycles. The summed E-state index contributed by atoms with van der Waals surface area (Å²) in [5.41, 5.74) is 1.90. The number of aliphatic hydroxyl groups excluding tert-OH is 1. The Hall–Kier alpha value is -2.15. The second-order valence-corrected chi connectivity index (χ2v) is 8.19. The quantitative estimate of drug-likeness (QED) is 0.756. The Bertz CT molecular complexity index is 811. The molecule has 1 N–H and O–H groups in total. The lowest BCUT2D eigenvalue weighted by atomic mass is 10.0. The van der Waals surface area contributed by atoms with Crippen molar-refractivity contribution in [3.05, 3.63) is 59.9 Å². The highest BCUT2D eigenvalue weighted by atomic mass is 19.1. The minimum Gasteiger partial charge on any atom is -0.491 e. The maximum atomic E-state index is 14.1. The maximum Gasteiger partial charge on any atom is 0.146 e. The molecule has 4 rings (SSSR count). The van der Waals surface area contributed by atoms with E-state index in [1.165, 1.54) is 18.4 Å². The predicted molar refractivity (Wildman–Crippen MR) is 118 cm³/mol. The van der Waals surface area contributed by atoms with Gasteiger partial charge in [-0.05, 0) is 37.6 Å². The summed E-state index contributed by atoms with van der Waals surface area (Å²) in [5, 5.41) is 9.06. The van der Waals surface area contributed by atoms with Crippen LogP contribution in [-0.4, -0.2) is 73.4 Å². The maximum absolute atomic E-state index is 14.1. The minimum atomic E-state index is -0.128. The molecule has 0 aliphatic carbocycles. The van der Waals surface area contributed by atoms with Crippen LogP contribution in [0.1, 0.15) is 18.4 Å². The van der Waals surface area contributed by atoms with Gasteiger partial charge in [0.15, 0.2) is 0 Å². The molecule has 2 heterocycles. The Morgan fingerprint density at radius 2 is 1.73 bits per heavy atom. The van der Waals surface area contributed by atoms with Crippen molar-refractivity contribution in [2.75, 3.05) is 57.4 Å². The van der Waals surface area contributed by atoms with E-state index in [2.05, 4.69) is 20.8 Å². The first-order valence-corrected chi connectivity index (χ1v) is 11.0. The average Bonchev–Trinajstić information content (AvgIpc) is 2.79. The Labute approximate surface area is 178 Å². The Balaban J connectivity index is 1.32. The third kappa shape index (κ3) is 5.12. The molecular weight excluding hydrogens is 381 g/mol. The summed E-state index contributed by atoms with van der Waals surface area (Å²) >= 11 is 0. The number of hydrogen-bond acceptors (Lipinski definition) is 5. The van der Waals surface area contributed by atoms with E-state index in [1.54, 1.807) is 12.1 Å². The third-order valence-electron chi connectivity index (χ3n) is 6.22. The molecule has 0 aromatic heterocycles. The Kier molecular flexibility index (Phi) is 7.20. The van der Waals surface area contributed by atoms with Crippen LogP contribution in [0.25, 0.3) is 0 Å². The summed E-state index contributed by atoms with van der Waals surface area (Å²) < 4.78 is 19.8. The van der Waals surface area contributed by atoms with Crippen molar-refractivity contribution in [1.82, 2.24) is 9.80 Å². The number of nitrogens with zero attached hydrogens (tertiary/aromatic N) is 3. The lowest BCUT2D eigenvalue weighted by Crippen LogP contribution is -2.55. The van der Waals surface area contributed by atoms with Crippen molar-refractivity contribution >= 4 is 5.69 Å². The first-order chi connectivity index (χ1) is 14.7. The monoisotopic (exact) mass is 413 g/mol. The molecule has 0 spiro atoms. The van der Waals surface area contributed by atoms with Crippen molar-refractivity contribution in [2.45, 2.75) is 25.4 Å². The number of piperidine rings is 1. The number of likely N-dealkylation sites (tertiary alicyclic amines) is 1. The van der Waals surface area contributed by atoms with Crippen LogP contribution in [0.2, 0.25) is 0 Å². The van der Waals surface area contributed by atoms with E-state index >= 15 is 0 Å². The lowest BCUT2D eigenvalue weighted by molar-refractivity contribution is 0.0879. The molecule has 162 valence electrons. The first-order valence-electron chi connectivity index (χ1n) is 11.0. The van der Waals surface area contributed by atoms with Gasteiger partial charge in [-0.2, -0.15) is 0 Å². The van der Waals surface area contributed by atoms with E-state index in [4.69, 9.17) is 9.84 Å². The zero-order valence-electron chi connectivity index (χ0n) is 17.5. The van der Waals surface area contributed by atoms with Crippen molar-refractivity contribution in [3.63, 3.8) is 0 Å². The molecule has 2 saturated heterocycles. The van der Waals surface area contributed by atoms with E-state index < -0.39 is 0 Å². The highest BCUT2D eigenvalue weighted by Gasteiger charge is 2.29. The number of para-hydroxylation sites is 2. The fraction of sp³-hybridized carbons (Fsp3) is 0.500. The van der Waals surface area contributed by atoms with E-state index in [9.17, 15) is 4.39 Å². The molecule has 0 unspecified atom stereocenters. The Morgan fingerprint density at radius 3 is 2.53 bits per heavy atom. The van der Waals surface area contributed by atoms with Crippen molar-refractivity contribution in [1.29, 1.82) is 0 Å². The van der Waals surface area contributed by atoms with E-state index in [0.29, 0.717) is 12.6 Å². The first kappa shape index (κ1) is 21.1. The van der Waals surface area contributed by atoms with E-state index in [0.717, 1.165) is 57.3 Å². The van der Waals surface area contributed by atoms with Crippen LogP contribution in [0.5, 0.6) is 5.75 Å². The van der Waals surface area contributed by atoms with Crippen LogP contribution in [0.4, 0.5) is 10.1 Å². The molecule has 0 radical (unpaired) electrons. The summed E-state index contributed by atoms with van der Waals surface area (Å²) in [6, 6.07) is 15.7. The van der Waals surface area contributed by atoms with Gasteiger partial charge in [-0.15, -0.1) is 0 Å². The summed E-state index contributed by atoms with van der Waals surface area (Å²) in [4.78, 5) is 7.26. The van der Waals surface area contributed by atoms with Gasteiger partial charge in [0.25, 0.3) is 0 Å². The topological polar surface area (TPSA) is 39.2 Å². The van der Waals surface area contributed by atoms with E-state index in [1.807, 2.05) is 30.3 Å². The smallest absolute Gasteiger partial charge is 0.146 e. The normalized spacial score (nSPS) is 21.0. The number of rotatable bonds is 7. The van der Waals surface area contributed by atoms with Gasteiger partial charge in [0, 0.05) is 50.9 Å². The highest BCUT2D eigenvalue weighted by Crippen LogP contribution is 2.25. The SMILES string of the molecule is OCCOc1ccccc1CN1CCC[C@@H](N2CCN(c3ccccc3F)CC2)C1. The molecular formula is C24H32FN3O2. The van der Waals surface area contributed by atoms with Crippen molar-refractivity contribution < 1.29 is 14.2 Å². The fourth-order valence-corrected chi connectivity index (χ4v) is 4.68. The van der Waals surface area contributed by atoms with Crippen LogP contribution in [0, 0.1) is 5.82 Å². The molecule has 2 aliphatic heterocycles. The van der Waals surface area contributed by atoms with Crippen LogP contribution in [0.3, 0.4) is 0 Å².